The summed E-state index contributed by atoms with van der Waals surface area (Å²) >= 11 is 0. The van der Waals surface area contributed by atoms with Crippen molar-refractivity contribution >= 4 is 0 Å². The second kappa shape index (κ2) is 6.74. The molecular formula is C15H24N2O. The van der Waals surface area contributed by atoms with Gasteiger partial charge in [-0.1, -0.05) is 20.3 Å². The predicted molar refractivity (Wildman–Crippen MR) is 73.7 cm³/mol. The summed E-state index contributed by atoms with van der Waals surface area (Å²) < 4.78 is 6.17. The Morgan fingerprint density at radius 2 is 2.33 bits per heavy atom. The number of aromatic nitrogens is 1. The van der Waals surface area contributed by atoms with Crippen molar-refractivity contribution in [1.82, 2.24) is 10.3 Å². The van der Waals surface area contributed by atoms with Crippen LogP contribution in [0.5, 0.6) is 5.75 Å². The second-order valence-corrected chi connectivity index (χ2v) is 5.28. The van der Waals surface area contributed by atoms with Gasteiger partial charge >= 0.3 is 0 Å². The Hall–Kier alpha value is -1.09. The van der Waals surface area contributed by atoms with Crippen LogP contribution in [0.1, 0.15) is 45.1 Å². The fourth-order valence-electron chi connectivity index (χ4n) is 2.59. The van der Waals surface area contributed by atoms with Crippen LogP contribution < -0.4 is 10.1 Å². The smallest absolute Gasteiger partial charge is 0.127 e. The number of pyridine rings is 1. The zero-order chi connectivity index (χ0) is 12.8. The van der Waals surface area contributed by atoms with Crippen LogP contribution in [0.25, 0.3) is 0 Å². The van der Waals surface area contributed by atoms with Gasteiger partial charge in [0.15, 0.2) is 0 Å². The van der Waals surface area contributed by atoms with E-state index in [0.29, 0.717) is 6.10 Å². The number of nitrogens with zero attached hydrogens (tertiary/aromatic N) is 1. The SMILES string of the molecule is CCNCc1cnccc1OC1CCCC(C)C1. The first kappa shape index (κ1) is 13.3. The minimum absolute atomic E-state index is 0.386. The molecule has 0 aliphatic heterocycles. The van der Waals surface area contributed by atoms with Gasteiger partial charge in [0, 0.05) is 24.5 Å². The largest absolute Gasteiger partial charge is 0.490 e. The van der Waals surface area contributed by atoms with Crippen molar-refractivity contribution in [1.29, 1.82) is 0 Å². The number of ether oxygens (including phenoxy) is 1. The fourth-order valence-corrected chi connectivity index (χ4v) is 2.59. The Morgan fingerprint density at radius 1 is 1.44 bits per heavy atom. The van der Waals surface area contributed by atoms with E-state index >= 15 is 0 Å². The molecule has 1 N–H and O–H groups in total. The van der Waals surface area contributed by atoms with Crippen LogP contribution >= 0.6 is 0 Å². The number of nitrogens with one attached hydrogen (secondary N) is 1. The van der Waals surface area contributed by atoms with Crippen LogP contribution in [-0.2, 0) is 6.54 Å². The zero-order valence-electron chi connectivity index (χ0n) is 11.5. The molecule has 1 aliphatic rings. The molecule has 0 amide bonds. The van der Waals surface area contributed by atoms with Gasteiger partial charge < -0.3 is 10.1 Å². The van der Waals surface area contributed by atoms with Gasteiger partial charge in [0.05, 0.1) is 6.10 Å². The maximum absolute atomic E-state index is 6.17. The van der Waals surface area contributed by atoms with E-state index in [1.165, 1.54) is 25.7 Å². The molecule has 2 unspecified atom stereocenters. The molecule has 1 heterocycles. The first-order valence-corrected chi connectivity index (χ1v) is 7.10. The van der Waals surface area contributed by atoms with Crippen LogP contribution in [-0.4, -0.2) is 17.6 Å². The van der Waals surface area contributed by atoms with E-state index in [9.17, 15) is 0 Å². The minimum Gasteiger partial charge on any atom is -0.490 e. The molecule has 0 aromatic carbocycles. The van der Waals surface area contributed by atoms with E-state index in [1.54, 1.807) is 0 Å². The summed E-state index contributed by atoms with van der Waals surface area (Å²) in [5, 5.41) is 3.33. The average molecular weight is 248 g/mol. The molecule has 0 spiro atoms. The van der Waals surface area contributed by atoms with Crippen LogP contribution in [0.4, 0.5) is 0 Å². The van der Waals surface area contributed by atoms with Crippen molar-refractivity contribution < 1.29 is 4.74 Å². The van der Waals surface area contributed by atoms with Gasteiger partial charge in [0.2, 0.25) is 0 Å². The molecule has 3 heteroatoms. The van der Waals surface area contributed by atoms with E-state index in [-0.39, 0.29) is 0 Å². The van der Waals surface area contributed by atoms with Gasteiger partial charge in [-0.25, -0.2) is 0 Å². The maximum Gasteiger partial charge on any atom is 0.127 e. The monoisotopic (exact) mass is 248 g/mol. The van der Waals surface area contributed by atoms with E-state index < -0.39 is 0 Å². The predicted octanol–water partition coefficient (Wildman–Crippen LogP) is 3.15. The molecule has 18 heavy (non-hydrogen) atoms. The highest BCUT2D eigenvalue weighted by molar-refractivity contribution is 5.30. The summed E-state index contributed by atoms with van der Waals surface area (Å²) in [6.07, 6.45) is 9.12. The summed E-state index contributed by atoms with van der Waals surface area (Å²) in [4.78, 5) is 4.19. The lowest BCUT2D eigenvalue weighted by Crippen LogP contribution is -2.25. The molecule has 0 saturated heterocycles. The van der Waals surface area contributed by atoms with E-state index in [4.69, 9.17) is 4.74 Å². The van der Waals surface area contributed by atoms with Gasteiger partial charge in [0.1, 0.15) is 5.75 Å². The highest BCUT2D eigenvalue weighted by Crippen LogP contribution is 2.28. The van der Waals surface area contributed by atoms with Crippen molar-refractivity contribution in [3.05, 3.63) is 24.0 Å². The Morgan fingerprint density at radius 3 is 3.11 bits per heavy atom. The average Bonchev–Trinajstić information content (AvgIpc) is 2.38. The highest BCUT2D eigenvalue weighted by Gasteiger charge is 2.20. The third-order valence-electron chi connectivity index (χ3n) is 3.61. The standard InChI is InChI=1S/C15H24N2O/c1-3-16-10-13-11-17-8-7-15(13)18-14-6-4-5-12(2)9-14/h7-8,11-12,14,16H,3-6,9-10H2,1-2H3. The normalized spacial score (nSPS) is 23.9. The molecule has 0 radical (unpaired) electrons. The number of hydrogen-bond acceptors (Lipinski definition) is 3. The van der Waals surface area contributed by atoms with Gasteiger partial charge in [0.25, 0.3) is 0 Å². The second-order valence-electron chi connectivity index (χ2n) is 5.28. The summed E-state index contributed by atoms with van der Waals surface area (Å²) in [7, 11) is 0. The molecule has 1 aliphatic carbocycles. The Kier molecular flexibility index (Phi) is 5.00. The van der Waals surface area contributed by atoms with Crippen LogP contribution in [0.2, 0.25) is 0 Å². The summed E-state index contributed by atoms with van der Waals surface area (Å²) in [6.45, 7) is 6.23. The van der Waals surface area contributed by atoms with Crippen molar-refractivity contribution in [2.75, 3.05) is 6.54 Å². The maximum atomic E-state index is 6.17. The number of hydrogen-bond donors (Lipinski definition) is 1. The molecular weight excluding hydrogens is 224 g/mol. The van der Waals surface area contributed by atoms with Gasteiger partial charge in [-0.05, 0) is 37.8 Å². The molecule has 1 saturated carbocycles. The van der Waals surface area contributed by atoms with E-state index in [1.807, 2.05) is 18.5 Å². The molecule has 1 aromatic heterocycles. The molecule has 2 rings (SSSR count). The Balaban J connectivity index is 1.99. The van der Waals surface area contributed by atoms with Crippen molar-refractivity contribution in [2.45, 2.75) is 52.2 Å². The Labute approximate surface area is 110 Å². The topological polar surface area (TPSA) is 34.2 Å². The molecule has 0 bridgehead atoms. The summed E-state index contributed by atoms with van der Waals surface area (Å²) in [6, 6.07) is 1.99. The van der Waals surface area contributed by atoms with E-state index in [0.717, 1.165) is 30.3 Å². The molecule has 100 valence electrons. The Bertz CT molecular complexity index is 367. The fraction of sp³-hybridized carbons (Fsp3) is 0.667. The lowest BCUT2D eigenvalue weighted by atomic mass is 9.88. The quantitative estimate of drug-likeness (QED) is 0.869. The molecule has 3 nitrogen and oxygen atoms in total. The number of rotatable bonds is 5. The highest BCUT2D eigenvalue weighted by atomic mass is 16.5. The van der Waals surface area contributed by atoms with Crippen LogP contribution in [0, 0.1) is 5.92 Å². The van der Waals surface area contributed by atoms with E-state index in [2.05, 4.69) is 24.1 Å². The van der Waals surface area contributed by atoms with Gasteiger partial charge in [-0.15, -0.1) is 0 Å². The first-order chi connectivity index (χ1) is 8.79. The van der Waals surface area contributed by atoms with Crippen LogP contribution in [0.3, 0.4) is 0 Å². The third-order valence-corrected chi connectivity index (χ3v) is 3.61. The lowest BCUT2D eigenvalue weighted by Gasteiger charge is -2.28. The summed E-state index contributed by atoms with van der Waals surface area (Å²) in [5.74, 6) is 1.80. The minimum atomic E-state index is 0.386. The van der Waals surface area contributed by atoms with Crippen LogP contribution in [0.15, 0.2) is 18.5 Å². The molecule has 1 fully saturated rings. The van der Waals surface area contributed by atoms with Crippen molar-refractivity contribution in [3.8, 4) is 5.75 Å². The van der Waals surface area contributed by atoms with Gasteiger partial charge in [-0.3, -0.25) is 4.98 Å². The lowest BCUT2D eigenvalue weighted by molar-refractivity contribution is 0.128. The van der Waals surface area contributed by atoms with Gasteiger partial charge in [-0.2, -0.15) is 0 Å². The molecule has 2 atom stereocenters. The zero-order valence-corrected chi connectivity index (χ0v) is 11.5. The summed E-state index contributed by atoms with van der Waals surface area (Å²) in [5.41, 5.74) is 1.16. The first-order valence-electron chi connectivity index (χ1n) is 7.10. The van der Waals surface area contributed by atoms with Crippen molar-refractivity contribution in [2.24, 2.45) is 5.92 Å². The molecule has 1 aromatic rings. The van der Waals surface area contributed by atoms with Crippen molar-refractivity contribution in [3.63, 3.8) is 0 Å². The third kappa shape index (κ3) is 3.70.